The van der Waals surface area contributed by atoms with Gasteiger partial charge in [0.15, 0.2) is 0 Å². The summed E-state index contributed by atoms with van der Waals surface area (Å²) in [6, 6.07) is 7.45. The first-order chi connectivity index (χ1) is 19.2. The summed E-state index contributed by atoms with van der Waals surface area (Å²) in [5.74, 6) is -0.441. The summed E-state index contributed by atoms with van der Waals surface area (Å²) in [6.45, 7) is 8.50. The minimum Gasteiger partial charge on any atom is -0.464 e. The number of hydrogen-bond acceptors (Lipinski definition) is 6. The number of nitrogens with one attached hydrogen (secondary N) is 2. The van der Waals surface area contributed by atoms with Crippen molar-refractivity contribution in [2.24, 2.45) is 5.73 Å². The van der Waals surface area contributed by atoms with Crippen LogP contribution in [0.25, 0.3) is 10.9 Å². The quantitative estimate of drug-likeness (QED) is 0.211. The van der Waals surface area contributed by atoms with Crippen LogP contribution in [-0.4, -0.2) is 82.4 Å². The molecule has 10 nitrogen and oxygen atoms in total. The average Bonchev–Trinajstić information content (AvgIpc) is 3.66. The molecule has 0 aliphatic carbocycles. The molecule has 4 N–H and O–H groups in total. The number of carbonyl (C=O) groups excluding carboxylic acids is 3. The maximum absolute atomic E-state index is 13.8. The average molecular weight is 553 g/mol. The molecule has 0 radical (unpaired) electrons. The second-order valence-electron chi connectivity index (χ2n) is 10.9. The van der Waals surface area contributed by atoms with E-state index >= 15 is 0 Å². The number of fused-ring (bicyclic) bond motifs is 1. The van der Waals surface area contributed by atoms with Crippen LogP contribution in [0.1, 0.15) is 70.6 Å². The van der Waals surface area contributed by atoms with Crippen LogP contribution in [0.5, 0.6) is 0 Å². The van der Waals surface area contributed by atoms with Crippen LogP contribution in [0.15, 0.2) is 24.3 Å². The summed E-state index contributed by atoms with van der Waals surface area (Å²) in [5.41, 5.74) is 8.78. The maximum Gasteiger partial charge on any atom is 0.328 e. The zero-order valence-electron chi connectivity index (χ0n) is 24.1. The lowest BCUT2D eigenvalue weighted by molar-refractivity contribution is -0.147. The zero-order valence-corrected chi connectivity index (χ0v) is 24.1. The molecule has 2 aliphatic rings. The Morgan fingerprint density at radius 1 is 1.15 bits per heavy atom. The van der Waals surface area contributed by atoms with Gasteiger partial charge in [0.1, 0.15) is 11.9 Å². The molecule has 2 saturated heterocycles. The van der Waals surface area contributed by atoms with Gasteiger partial charge in [0.2, 0.25) is 11.8 Å². The van der Waals surface area contributed by atoms with Crippen molar-refractivity contribution in [3.63, 3.8) is 0 Å². The number of rotatable bonds is 12. The van der Waals surface area contributed by atoms with E-state index in [1.165, 1.54) is 12.6 Å². The van der Waals surface area contributed by atoms with Gasteiger partial charge in [-0.1, -0.05) is 12.1 Å². The fraction of sp³-hybridized carbons (Fsp3) is 0.600. The zero-order chi connectivity index (χ0) is 28.8. The molecule has 2 amide bonds. The number of carbonyl (C=O) groups is 3. The Morgan fingerprint density at radius 2 is 1.93 bits per heavy atom. The molecule has 218 valence electrons. The highest BCUT2D eigenvalue weighted by atomic mass is 16.5. The molecule has 1 aromatic carbocycles. The topological polar surface area (TPSA) is 134 Å². The van der Waals surface area contributed by atoms with Crippen molar-refractivity contribution in [2.45, 2.75) is 90.4 Å². The second-order valence-corrected chi connectivity index (χ2v) is 10.9. The van der Waals surface area contributed by atoms with Crippen molar-refractivity contribution < 1.29 is 19.1 Å². The van der Waals surface area contributed by atoms with Gasteiger partial charge in [-0.25, -0.2) is 4.79 Å². The van der Waals surface area contributed by atoms with Gasteiger partial charge < -0.3 is 25.3 Å². The highest BCUT2D eigenvalue weighted by Gasteiger charge is 2.38. The number of amides is 2. The molecule has 1 aromatic heterocycles. The number of ether oxygens (including phenoxy) is 1. The molecular weight excluding hydrogens is 508 g/mol. The largest absolute Gasteiger partial charge is 0.464 e. The van der Waals surface area contributed by atoms with E-state index in [1.807, 2.05) is 18.2 Å². The molecule has 2 fully saturated rings. The van der Waals surface area contributed by atoms with Gasteiger partial charge in [0.25, 0.3) is 0 Å². The van der Waals surface area contributed by atoms with Gasteiger partial charge in [-0.05, 0) is 82.9 Å². The van der Waals surface area contributed by atoms with Gasteiger partial charge in [-0.15, -0.1) is 0 Å². The fourth-order valence-corrected chi connectivity index (χ4v) is 6.40. The molecule has 2 aromatic rings. The third-order valence-corrected chi connectivity index (χ3v) is 8.31. The molecule has 0 unspecified atom stereocenters. The van der Waals surface area contributed by atoms with Crippen molar-refractivity contribution in [1.82, 2.24) is 19.7 Å². The van der Waals surface area contributed by atoms with E-state index < -0.39 is 12.0 Å². The van der Waals surface area contributed by atoms with Gasteiger partial charge >= 0.3 is 5.97 Å². The first kappa shape index (κ1) is 29.6. The Hall–Kier alpha value is -3.40. The van der Waals surface area contributed by atoms with E-state index in [0.29, 0.717) is 13.0 Å². The molecular formula is C30H44N6O4. The lowest BCUT2D eigenvalue weighted by Crippen LogP contribution is -2.49. The summed E-state index contributed by atoms with van der Waals surface area (Å²) in [4.78, 5) is 42.0. The lowest BCUT2D eigenvalue weighted by Gasteiger charge is -2.32. The van der Waals surface area contributed by atoms with Crippen LogP contribution >= 0.6 is 0 Å². The van der Waals surface area contributed by atoms with Gasteiger partial charge in [-0.2, -0.15) is 0 Å². The van der Waals surface area contributed by atoms with E-state index in [1.54, 1.807) is 6.92 Å². The molecule has 0 saturated carbocycles. The van der Waals surface area contributed by atoms with E-state index in [4.69, 9.17) is 15.9 Å². The number of aryl methyl sites for hydroxylation is 2. The number of amidine groups is 1. The number of aromatic nitrogens is 1. The standard InChI is InChI=1S/C30H44N6O4/c1-4-35-24(18-21-10-11-22(28(31)32)19-27(21)35)13-12-23-8-6-16-36(23)29(38)26-9-7-15-34(26)17-14-25(33-20(3)37)30(39)40-5-2/h10-11,18-19,23,25-26H,4-9,12-17H2,1-3H3,(H3,31,32)(H,33,37)/t23-,25-,26+/m0/s1. The molecule has 2 aliphatic heterocycles. The van der Waals surface area contributed by atoms with Crippen LogP contribution < -0.4 is 11.1 Å². The Morgan fingerprint density at radius 3 is 2.62 bits per heavy atom. The predicted octanol–water partition coefficient (Wildman–Crippen LogP) is 2.79. The minimum absolute atomic E-state index is 0.0693. The molecule has 4 rings (SSSR count). The number of esters is 1. The Bertz CT molecular complexity index is 1240. The molecule has 40 heavy (non-hydrogen) atoms. The molecule has 3 heterocycles. The van der Waals surface area contributed by atoms with Gasteiger partial charge in [-0.3, -0.25) is 19.9 Å². The number of benzene rings is 1. The highest BCUT2D eigenvalue weighted by molar-refractivity contribution is 5.98. The van der Waals surface area contributed by atoms with Crippen molar-refractivity contribution >= 4 is 34.5 Å². The Labute approximate surface area is 236 Å². The van der Waals surface area contributed by atoms with Crippen LogP contribution in [0, 0.1) is 5.41 Å². The molecule has 0 spiro atoms. The number of likely N-dealkylation sites (tertiary alicyclic amines) is 2. The van der Waals surface area contributed by atoms with E-state index in [9.17, 15) is 14.4 Å². The van der Waals surface area contributed by atoms with Crippen LogP contribution in [0.3, 0.4) is 0 Å². The first-order valence-electron chi connectivity index (χ1n) is 14.7. The van der Waals surface area contributed by atoms with Crippen LogP contribution in [-0.2, 0) is 32.1 Å². The third kappa shape index (κ3) is 6.66. The number of nitrogens with two attached hydrogens (primary N) is 1. The number of nitrogen functional groups attached to an aromatic ring is 1. The Kier molecular flexibility index (Phi) is 9.84. The summed E-state index contributed by atoms with van der Waals surface area (Å²) >= 11 is 0. The number of hydrogen-bond donors (Lipinski definition) is 3. The maximum atomic E-state index is 13.8. The molecule has 0 bridgehead atoms. The Balaban J connectivity index is 1.40. The lowest BCUT2D eigenvalue weighted by atomic mass is 10.1. The van der Waals surface area contributed by atoms with E-state index in [-0.39, 0.29) is 36.3 Å². The van der Waals surface area contributed by atoms with E-state index in [0.717, 1.165) is 74.6 Å². The van der Waals surface area contributed by atoms with Gasteiger partial charge in [0.05, 0.1) is 12.6 Å². The SMILES string of the molecule is CCOC(=O)[C@H](CCN1CCC[C@@H]1C(=O)N1CCC[C@H]1CCc1cc2ccc(C(=N)N)cc2n1CC)NC(C)=O. The first-order valence-corrected chi connectivity index (χ1v) is 14.7. The second kappa shape index (κ2) is 13.3. The van der Waals surface area contributed by atoms with Crippen LogP contribution in [0.2, 0.25) is 0 Å². The fourth-order valence-electron chi connectivity index (χ4n) is 6.40. The van der Waals surface area contributed by atoms with Gasteiger partial charge in [0, 0.05) is 49.4 Å². The van der Waals surface area contributed by atoms with Crippen molar-refractivity contribution in [3.8, 4) is 0 Å². The monoisotopic (exact) mass is 552 g/mol. The van der Waals surface area contributed by atoms with Crippen molar-refractivity contribution in [3.05, 3.63) is 35.5 Å². The summed E-state index contributed by atoms with van der Waals surface area (Å²) in [7, 11) is 0. The van der Waals surface area contributed by atoms with Crippen LogP contribution in [0.4, 0.5) is 0 Å². The normalized spacial score (nSPS) is 20.1. The van der Waals surface area contributed by atoms with E-state index in [2.05, 4.69) is 32.7 Å². The molecule has 3 atom stereocenters. The summed E-state index contributed by atoms with van der Waals surface area (Å²) in [6.07, 6.45) is 5.97. The summed E-state index contributed by atoms with van der Waals surface area (Å²) in [5, 5.41) is 11.6. The van der Waals surface area contributed by atoms with Crippen molar-refractivity contribution in [2.75, 3.05) is 26.2 Å². The van der Waals surface area contributed by atoms with Crippen molar-refractivity contribution in [1.29, 1.82) is 5.41 Å². The molecule has 10 heteroatoms. The predicted molar refractivity (Wildman–Crippen MR) is 155 cm³/mol. The smallest absolute Gasteiger partial charge is 0.328 e. The summed E-state index contributed by atoms with van der Waals surface area (Å²) < 4.78 is 7.43. The minimum atomic E-state index is -0.704. The highest BCUT2D eigenvalue weighted by Crippen LogP contribution is 2.29. The third-order valence-electron chi connectivity index (χ3n) is 8.31. The number of nitrogens with zero attached hydrogens (tertiary/aromatic N) is 3.